The topological polar surface area (TPSA) is 12.0 Å². The Morgan fingerprint density at radius 3 is 2.47 bits per heavy atom. The van der Waals surface area contributed by atoms with Crippen LogP contribution in [0.15, 0.2) is 18.2 Å². The molecule has 0 aliphatic rings. The van der Waals surface area contributed by atoms with Crippen LogP contribution >= 0.6 is 11.6 Å². The lowest BCUT2D eigenvalue weighted by Gasteiger charge is -2.23. The first-order valence-corrected chi connectivity index (χ1v) is 5.93. The van der Waals surface area contributed by atoms with Crippen LogP contribution < -0.4 is 5.32 Å². The molecule has 0 bridgehead atoms. The van der Waals surface area contributed by atoms with Gasteiger partial charge < -0.3 is 5.32 Å². The van der Waals surface area contributed by atoms with Crippen LogP contribution in [0, 0.1) is 12.8 Å². The molecular formula is C13H20ClN. The van der Waals surface area contributed by atoms with E-state index in [1.807, 2.05) is 6.07 Å². The maximum Gasteiger partial charge on any atom is 0.0456 e. The molecule has 0 aliphatic heterocycles. The summed E-state index contributed by atoms with van der Waals surface area (Å²) in [5.74, 6) is 0.546. The van der Waals surface area contributed by atoms with Gasteiger partial charge in [0, 0.05) is 11.1 Å². The van der Waals surface area contributed by atoms with Crippen LogP contribution in [0.2, 0.25) is 5.02 Å². The first kappa shape index (κ1) is 12.5. The van der Waals surface area contributed by atoms with Gasteiger partial charge in [-0.3, -0.25) is 0 Å². The molecule has 2 heteroatoms. The third-order valence-electron chi connectivity index (χ3n) is 2.58. The summed E-state index contributed by atoms with van der Waals surface area (Å²) in [6.45, 7) is 9.57. The Kier molecular flexibility index (Phi) is 4.62. The van der Waals surface area contributed by atoms with Crippen molar-refractivity contribution < 1.29 is 0 Å². The zero-order valence-electron chi connectivity index (χ0n) is 9.97. The van der Waals surface area contributed by atoms with Crippen molar-refractivity contribution in [2.75, 3.05) is 6.54 Å². The maximum atomic E-state index is 6.26. The van der Waals surface area contributed by atoms with E-state index in [9.17, 15) is 0 Å². The lowest BCUT2D eigenvalue weighted by Crippen LogP contribution is -2.25. The van der Waals surface area contributed by atoms with Gasteiger partial charge in [-0.1, -0.05) is 44.5 Å². The van der Waals surface area contributed by atoms with Crippen LogP contribution in [0.1, 0.15) is 37.9 Å². The Labute approximate surface area is 97.8 Å². The molecule has 0 aromatic heterocycles. The SMILES string of the molecule is CCNC(c1ccc(C)cc1Cl)C(C)C. The van der Waals surface area contributed by atoms with Crippen molar-refractivity contribution in [1.29, 1.82) is 0 Å². The second kappa shape index (κ2) is 5.53. The summed E-state index contributed by atoms with van der Waals surface area (Å²) >= 11 is 6.26. The highest BCUT2D eigenvalue weighted by Gasteiger charge is 2.16. The first-order chi connectivity index (χ1) is 7.06. The van der Waals surface area contributed by atoms with E-state index in [0.717, 1.165) is 11.6 Å². The molecule has 0 saturated carbocycles. The Morgan fingerprint density at radius 2 is 2.00 bits per heavy atom. The van der Waals surface area contributed by atoms with Crippen molar-refractivity contribution in [3.63, 3.8) is 0 Å². The van der Waals surface area contributed by atoms with E-state index in [-0.39, 0.29) is 0 Å². The highest BCUT2D eigenvalue weighted by atomic mass is 35.5. The fourth-order valence-electron chi connectivity index (χ4n) is 1.81. The largest absolute Gasteiger partial charge is 0.310 e. The average Bonchev–Trinajstić information content (AvgIpc) is 2.15. The zero-order chi connectivity index (χ0) is 11.4. The molecule has 1 aromatic carbocycles. The Hall–Kier alpha value is -0.530. The van der Waals surface area contributed by atoms with Crippen LogP contribution in [0.5, 0.6) is 0 Å². The molecule has 1 nitrogen and oxygen atoms in total. The number of aryl methyl sites for hydroxylation is 1. The number of benzene rings is 1. The first-order valence-electron chi connectivity index (χ1n) is 5.55. The Bertz CT molecular complexity index is 320. The van der Waals surface area contributed by atoms with E-state index in [1.54, 1.807) is 0 Å². The summed E-state index contributed by atoms with van der Waals surface area (Å²) in [4.78, 5) is 0. The highest BCUT2D eigenvalue weighted by molar-refractivity contribution is 6.31. The van der Waals surface area contributed by atoms with Crippen molar-refractivity contribution in [3.8, 4) is 0 Å². The van der Waals surface area contributed by atoms with E-state index in [2.05, 4.69) is 45.1 Å². The van der Waals surface area contributed by atoms with Crippen molar-refractivity contribution >= 4 is 11.6 Å². The molecule has 0 saturated heterocycles. The van der Waals surface area contributed by atoms with Crippen molar-refractivity contribution in [1.82, 2.24) is 5.32 Å². The van der Waals surface area contributed by atoms with E-state index < -0.39 is 0 Å². The lowest BCUT2D eigenvalue weighted by atomic mass is 9.95. The average molecular weight is 226 g/mol. The summed E-state index contributed by atoms with van der Waals surface area (Å²) < 4.78 is 0. The fraction of sp³-hybridized carbons (Fsp3) is 0.538. The molecule has 0 fully saturated rings. The minimum atomic E-state index is 0.350. The number of halogens is 1. The lowest BCUT2D eigenvalue weighted by molar-refractivity contribution is 0.422. The zero-order valence-corrected chi connectivity index (χ0v) is 10.7. The van der Waals surface area contributed by atoms with Crippen LogP contribution in [-0.4, -0.2) is 6.54 Å². The normalized spacial score (nSPS) is 13.2. The van der Waals surface area contributed by atoms with Gasteiger partial charge in [0.15, 0.2) is 0 Å². The van der Waals surface area contributed by atoms with Crippen LogP contribution in [0.3, 0.4) is 0 Å². The molecule has 0 spiro atoms. The molecule has 1 unspecified atom stereocenters. The highest BCUT2D eigenvalue weighted by Crippen LogP contribution is 2.28. The van der Waals surface area contributed by atoms with Gasteiger partial charge in [0.2, 0.25) is 0 Å². The van der Waals surface area contributed by atoms with E-state index in [1.165, 1.54) is 11.1 Å². The smallest absolute Gasteiger partial charge is 0.0456 e. The minimum absolute atomic E-state index is 0.350. The van der Waals surface area contributed by atoms with Gasteiger partial charge in [-0.25, -0.2) is 0 Å². The molecule has 0 heterocycles. The van der Waals surface area contributed by atoms with Crippen molar-refractivity contribution in [3.05, 3.63) is 34.3 Å². The molecule has 0 amide bonds. The van der Waals surface area contributed by atoms with Gasteiger partial charge in [0.25, 0.3) is 0 Å². The number of rotatable bonds is 4. The third-order valence-corrected chi connectivity index (χ3v) is 2.91. The predicted octanol–water partition coefficient (Wildman–Crippen LogP) is 3.96. The molecule has 15 heavy (non-hydrogen) atoms. The summed E-state index contributed by atoms with van der Waals surface area (Å²) in [6.07, 6.45) is 0. The molecule has 1 rings (SSSR count). The Balaban J connectivity index is 3.00. The standard InChI is InChI=1S/C13H20ClN/c1-5-15-13(9(2)3)11-7-6-10(4)8-12(11)14/h6-9,13,15H,5H2,1-4H3. The number of hydrogen-bond acceptors (Lipinski definition) is 1. The number of nitrogens with one attached hydrogen (secondary N) is 1. The van der Waals surface area contributed by atoms with Gasteiger partial charge in [-0.15, -0.1) is 0 Å². The van der Waals surface area contributed by atoms with Gasteiger partial charge in [-0.05, 0) is 36.6 Å². The summed E-state index contributed by atoms with van der Waals surface area (Å²) in [5, 5.41) is 4.34. The molecule has 1 aromatic rings. The fourth-order valence-corrected chi connectivity index (χ4v) is 2.16. The van der Waals surface area contributed by atoms with Crippen LogP contribution in [0.4, 0.5) is 0 Å². The second-order valence-corrected chi connectivity index (χ2v) is 4.71. The van der Waals surface area contributed by atoms with Crippen molar-refractivity contribution in [2.24, 2.45) is 5.92 Å². The van der Waals surface area contributed by atoms with Crippen molar-refractivity contribution in [2.45, 2.75) is 33.7 Å². The molecular weight excluding hydrogens is 206 g/mol. The molecule has 0 aliphatic carbocycles. The molecule has 84 valence electrons. The van der Waals surface area contributed by atoms with Crippen LogP contribution in [-0.2, 0) is 0 Å². The quantitative estimate of drug-likeness (QED) is 0.818. The summed E-state index contributed by atoms with van der Waals surface area (Å²) in [6, 6.07) is 6.63. The Morgan fingerprint density at radius 1 is 1.33 bits per heavy atom. The van der Waals surface area contributed by atoms with Gasteiger partial charge in [0.1, 0.15) is 0 Å². The molecule has 1 N–H and O–H groups in total. The molecule has 1 atom stereocenters. The predicted molar refractivity (Wildman–Crippen MR) is 67.4 cm³/mol. The van der Waals surface area contributed by atoms with Gasteiger partial charge in [0.05, 0.1) is 0 Å². The van der Waals surface area contributed by atoms with E-state index in [0.29, 0.717) is 12.0 Å². The van der Waals surface area contributed by atoms with E-state index >= 15 is 0 Å². The third kappa shape index (κ3) is 3.22. The number of hydrogen-bond donors (Lipinski definition) is 1. The summed E-state index contributed by atoms with van der Waals surface area (Å²) in [7, 11) is 0. The monoisotopic (exact) mass is 225 g/mol. The summed E-state index contributed by atoms with van der Waals surface area (Å²) in [5.41, 5.74) is 2.42. The minimum Gasteiger partial charge on any atom is -0.310 e. The van der Waals surface area contributed by atoms with E-state index in [4.69, 9.17) is 11.6 Å². The van der Waals surface area contributed by atoms with Crippen LogP contribution in [0.25, 0.3) is 0 Å². The van der Waals surface area contributed by atoms with Gasteiger partial charge >= 0.3 is 0 Å². The maximum absolute atomic E-state index is 6.26. The molecule has 0 radical (unpaired) electrons. The van der Waals surface area contributed by atoms with Gasteiger partial charge in [-0.2, -0.15) is 0 Å². The second-order valence-electron chi connectivity index (χ2n) is 4.30.